The number of para-hydroxylation sites is 1. The van der Waals surface area contributed by atoms with E-state index < -0.39 is 28.7 Å². The molecule has 0 saturated carbocycles. The second-order valence-corrected chi connectivity index (χ2v) is 11.4. The smallest absolute Gasteiger partial charge is 0.304 e. The minimum Gasteiger partial charge on any atom is -0.354 e. The summed E-state index contributed by atoms with van der Waals surface area (Å²) in [5.74, 6) is -0.834. The summed E-state index contributed by atoms with van der Waals surface area (Å²) in [5, 5.41) is 3.68. The quantitative estimate of drug-likeness (QED) is 0.372. The van der Waals surface area contributed by atoms with Crippen molar-refractivity contribution in [3.8, 4) is 0 Å². The van der Waals surface area contributed by atoms with Gasteiger partial charge >= 0.3 is 10.2 Å². The first-order chi connectivity index (χ1) is 17.0. The van der Waals surface area contributed by atoms with Crippen LogP contribution in [0.3, 0.4) is 0 Å². The molecule has 0 aliphatic heterocycles. The topological polar surface area (TPSA) is 90.0 Å². The van der Waals surface area contributed by atoms with Crippen LogP contribution in [-0.4, -0.2) is 62.7 Å². The van der Waals surface area contributed by atoms with E-state index in [4.69, 9.17) is 23.2 Å². The summed E-state index contributed by atoms with van der Waals surface area (Å²) in [6, 6.07) is 12.5. The average molecular weight is 558 g/mol. The number of carbonyl (C=O) groups is 2. The zero-order valence-corrected chi connectivity index (χ0v) is 23.4. The molecule has 0 saturated heterocycles. The summed E-state index contributed by atoms with van der Waals surface area (Å²) in [6.45, 7) is 3.83. The van der Waals surface area contributed by atoms with Crippen molar-refractivity contribution in [1.82, 2.24) is 14.5 Å². The summed E-state index contributed by atoms with van der Waals surface area (Å²) >= 11 is 12.4. The van der Waals surface area contributed by atoms with Crippen LogP contribution in [0.2, 0.25) is 10.0 Å². The maximum Gasteiger partial charge on any atom is 0.304 e. The predicted octanol–water partition coefficient (Wildman–Crippen LogP) is 4.33. The van der Waals surface area contributed by atoms with Crippen molar-refractivity contribution in [2.45, 2.75) is 45.7 Å². The highest BCUT2D eigenvalue weighted by Gasteiger charge is 2.33. The van der Waals surface area contributed by atoms with Gasteiger partial charge in [0.15, 0.2) is 0 Å². The van der Waals surface area contributed by atoms with Crippen molar-refractivity contribution in [3.05, 3.63) is 64.1 Å². The zero-order valence-electron chi connectivity index (χ0n) is 21.1. The molecule has 0 heterocycles. The molecule has 1 unspecified atom stereocenters. The van der Waals surface area contributed by atoms with Crippen LogP contribution >= 0.6 is 23.2 Å². The van der Waals surface area contributed by atoms with Gasteiger partial charge in [0.25, 0.3) is 0 Å². The zero-order chi connectivity index (χ0) is 26.9. The minimum absolute atomic E-state index is 0.0131. The predicted molar refractivity (Wildman–Crippen MR) is 145 cm³/mol. The Morgan fingerprint density at radius 2 is 1.69 bits per heavy atom. The van der Waals surface area contributed by atoms with Gasteiger partial charge in [0, 0.05) is 37.2 Å². The third kappa shape index (κ3) is 7.83. The fraction of sp³-hybridized carbons (Fsp3) is 0.440. The second kappa shape index (κ2) is 13.8. The Bertz CT molecular complexity index is 1130. The number of hydrogen-bond donors (Lipinski definition) is 1. The van der Waals surface area contributed by atoms with Crippen LogP contribution in [0.1, 0.15) is 38.7 Å². The fourth-order valence-electron chi connectivity index (χ4n) is 3.57. The molecular weight excluding hydrogens is 523 g/mol. The molecule has 1 N–H and O–H groups in total. The normalized spacial score (nSPS) is 12.3. The van der Waals surface area contributed by atoms with E-state index in [1.54, 1.807) is 55.5 Å². The van der Waals surface area contributed by atoms with Crippen molar-refractivity contribution < 1.29 is 18.0 Å². The van der Waals surface area contributed by atoms with Gasteiger partial charge in [-0.1, -0.05) is 67.7 Å². The van der Waals surface area contributed by atoms with Crippen LogP contribution in [0.5, 0.6) is 0 Å². The average Bonchev–Trinajstić information content (AvgIpc) is 2.84. The lowest BCUT2D eigenvalue weighted by Crippen LogP contribution is -2.53. The van der Waals surface area contributed by atoms with E-state index in [2.05, 4.69) is 5.32 Å². The summed E-state index contributed by atoms with van der Waals surface area (Å²) in [4.78, 5) is 28.2. The molecule has 2 aromatic carbocycles. The summed E-state index contributed by atoms with van der Waals surface area (Å²) in [6.07, 6.45) is 2.05. The number of anilines is 1. The van der Waals surface area contributed by atoms with Gasteiger partial charge in [0.1, 0.15) is 12.6 Å². The van der Waals surface area contributed by atoms with E-state index in [0.717, 1.165) is 21.5 Å². The van der Waals surface area contributed by atoms with Crippen molar-refractivity contribution in [2.75, 3.05) is 31.5 Å². The Morgan fingerprint density at radius 3 is 2.25 bits per heavy atom. The highest BCUT2D eigenvalue weighted by Crippen LogP contribution is 2.25. The molecule has 2 aromatic rings. The number of amides is 2. The lowest BCUT2D eigenvalue weighted by molar-refractivity contribution is -0.140. The number of nitrogens with one attached hydrogen (secondary N) is 1. The Kier molecular flexibility index (Phi) is 11.5. The molecule has 0 aromatic heterocycles. The van der Waals surface area contributed by atoms with Gasteiger partial charge in [-0.05, 0) is 42.7 Å². The molecule has 0 radical (unpaired) electrons. The van der Waals surface area contributed by atoms with Gasteiger partial charge in [0.05, 0.1) is 5.69 Å². The molecule has 8 nitrogen and oxygen atoms in total. The Balaban J connectivity index is 2.47. The van der Waals surface area contributed by atoms with Gasteiger partial charge in [-0.25, -0.2) is 4.31 Å². The molecule has 36 heavy (non-hydrogen) atoms. The van der Waals surface area contributed by atoms with E-state index in [1.165, 1.54) is 19.0 Å². The van der Waals surface area contributed by atoms with Crippen LogP contribution in [0.15, 0.2) is 48.5 Å². The maximum absolute atomic E-state index is 13.8. The first-order valence-corrected chi connectivity index (χ1v) is 13.9. The molecule has 2 rings (SSSR count). The molecule has 1 atom stereocenters. The van der Waals surface area contributed by atoms with Crippen LogP contribution in [0, 0.1) is 0 Å². The molecule has 0 bridgehead atoms. The number of hydrogen-bond acceptors (Lipinski definition) is 4. The van der Waals surface area contributed by atoms with Crippen molar-refractivity contribution >= 4 is 50.9 Å². The molecule has 0 fully saturated rings. The van der Waals surface area contributed by atoms with Gasteiger partial charge in [-0.2, -0.15) is 12.7 Å². The third-order valence-corrected chi connectivity index (χ3v) is 8.04. The standard InChI is InChI=1S/C25H34Cl2N4O4S/c1-5-7-15-28-25(33)23(6-2)30(17-19-13-14-20(26)16-22(19)27)24(32)18-31(36(34,35)29(3)4)21-11-9-8-10-12-21/h8-14,16,23H,5-7,15,17-18H2,1-4H3,(H,28,33). The van der Waals surface area contributed by atoms with E-state index >= 15 is 0 Å². The van der Waals surface area contributed by atoms with Gasteiger partial charge < -0.3 is 10.2 Å². The molecule has 0 aliphatic rings. The van der Waals surface area contributed by atoms with Crippen LogP contribution in [0.4, 0.5) is 5.69 Å². The first-order valence-electron chi connectivity index (χ1n) is 11.8. The lowest BCUT2D eigenvalue weighted by atomic mass is 10.1. The number of carbonyl (C=O) groups excluding carboxylic acids is 2. The van der Waals surface area contributed by atoms with Gasteiger partial charge in [-0.3, -0.25) is 9.59 Å². The SMILES string of the molecule is CCCCNC(=O)C(CC)N(Cc1ccc(Cl)cc1Cl)C(=O)CN(c1ccccc1)S(=O)(=O)N(C)C. The minimum atomic E-state index is -4.00. The molecule has 0 aliphatic carbocycles. The number of rotatable bonds is 13. The second-order valence-electron chi connectivity index (χ2n) is 8.46. The Morgan fingerprint density at radius 1 is 1.03 bits per heavy atom. The lowest BCUT2D eigenvalue weighted by Gasteiger charge is -2.34. The monoisotopic (exact) mass is 556 g/mol. The number of halogens is 2. The van der Waals surface area contributed by atoms with E-state index in [-0.39, 0.29) is 12.5 Å². The van der Waals surface area contributed by atoms with E-state index in [9.17, 15) is 18.0 Å². The van der Waals surface area contributed by atoms with Crippen LogP contribution < -0.4 is 9.62 Å². The highest BCUT2D eigenvalue weighted by atomic mass is 35.5. The van der Waals surface area contributed by atoms with Gasteiger partial charge in [0.2, 0.25) is 11.8 Å². The maximum atomic E-state index is 13.8. The highest BCUT2D eigenvalue weighted by molar-refractivity contribution is 7.90. The van der Waals surface area contributed by atoms with Crippen LogP contribution in [0.25, 0.3) is 0 Å². The van der Waals surface area contributed by atoms with Crippen LogP contribution in [-0.2, 0) is 26.3 Å². The Hall–Kier alpha value is -2.33. The van der Waals surface area contributed by atoms with Crippen molar-refractivity contribution in [2.24, 2.45) is 0 Å². The summed E-state index contributed by atoms with van der Waals surface area (Å²) in [7, 11) is -1.20. The summed E-state index contributed by atoms with van der Waals surface area (Å²) in [5.41, 5.74) is 0.931. The molecular formula is C25H34Cl2N4O4S. The summed E-state index contributed by atoms with van der Waals surface area (Å²) < 4.78 is 28.4. The first kappa shape index (κ1) is 29.9. The molecule has 198 valence electrons. The molecule has 0 spiro atoms. The van der Waals surface area contributed by atoms with Gasteiger partial charge in [-0.15, -0.1) is 0 Å². The Labute approximate surface area is 224 Å². The number of benzene rings is 2. The number of nitrogens with zero attached hydrogens (tertiary/aromatic N) is 3. The van der Waals surface area contributed by atoms with Crippen molar-refractivity contribution in [3.63, 3.8) is 0 Å². The number of unbranched alkanes of at least 4 members (excludes halogenated alkanes) is 1. The van der Waals surface area contributed by atoms with E-state index in [0.29, 0.717) is 34.3 Å². The molecule has 11 heteroatoms. The molecule has 2 amide bonds. The third-order valence-electron chi connectivity index (χ3n) is 5.63. The largest absolute Gasteiger partial charge is 0.354 e. The van der Waals surface area contributed by atoms with E-state index in [1.807, 2.05) is 6.92 Å². The van der Waals surface area contributed by atoms with Crippen molar-refractivity contribution in [1.29, 1.82) is 0 Å². The fourth-order valence-corrected chi connectivity index (χ4v) is 5.09.